The Morgan fingerprint density at radius 3 is 2.30 bits per heavy atom. The number of anilines is 1. The normalized spacial score (nSPS) is 11.9. The van der Waals surface area contributed by atoms with Crippen molar-refractivity contribution in [2.45, 2.75) is 20.0 Å². The molecule has 0 heterocycles. The largest absolute Gasteiger partial charge is 0.491 e. The molecule has 0 spiro atoms. The molecule has 2 rings (SSSR count). The summed E-state index contributed by atoms with van der Waals surface area (Å²) in [4.78, 5) is 0. The Hall–Kier alpha value is -2.00. The summed E-state index contributed by atoms with van der Waals surface area (Å²) in [7, 11) is 0. The molecular weight excluding hydrogens is 250 g/mol. The Kier molecular flexibility index (Phi) is 5.02. The molecule has 3 heteroatoms. The number of nitrogens with one attached hydrogen (secondary N) is 1. The number of aliphatic hydroxyl groups excluding tert-OH is 1. The van der Waals surface area contributed by atoms with Crippen LogP contribution in [0.4, 0.5) is 5.69 Å². The van der Waals surface area contributed by atoms with Crippen molar-refractivity contribution in [3.05, 3.63) is 59.7 Å². The molecule has 0 saturated carbocycles. The number of rotatable bonds is 6. The topological polar surface area (TPSA) is 41.5 Å². The second kappa shape index (κ2) is 6.96. The molecule has 0 saturated heterocycles. The Morgan fingerprint density at radius 1 is 1.00 bits per heavy atom. The molecule has 2 aromatic carbocycles. The minimum atomic E-state index is -0.547. The molecule has 0 aliphatic carbocycles. The van der Waals surface area contributed by atoms with Crippen molar-refractivity contribution in [2.24, 2.45) is 0 Å². The van der Waals surface area contributed by atoms with Crippen molar-refractivity contribution < 1.29 is 9.84 Å². The van der Waals surface area contributed by atoms with E-state index in [1.807, 2.05) is 36.4 Å². The van der Waals surface area contributed by atoms with E-state index in [9.17, 15) is 5.11 Å². The van der Waals surface area contributed by atoms with Crippen molar-refractivity contribution in [2.75, 3.05) is 18.5 Å². The average Bonchev–Trinajstić information content (AvgIpc) is 2.46. The zero-order chi connectivity index (χ0) is 14.4. The molecule has 1 atom stereocenters. The minimum absolute atomic E-state index is 0.280. The van der Waals surface area contributed by atoms with Gasteiger partial charge in [-0.1, -0.05) is 36.4 Å². The molecule has 0 bridgehead atoms. The standard InChI is InChI=1S/C17H21NO2/c1-13-7-6-8-14(2)17(13)18-11-15(19)12-20-16-9-4-3-5-10-16/h3-10,15,18-19H,11-12H2,1-2H3. The van der Waals surface area contributed by atoms with Crippen LogP contribution in [-0.4, -0.2) is 24.4 Å². The smallest absolute Gasteiger partial charge is 0.119 e. The van der Waals surface area contributed by atoms with E-state index in [4.69, 9.17) is 4.74 Å². The monoisotopic (exact) mass is 271 g/mol. The fourth-order valence-corrected chi connectivity index (χ4v) is 2.08. The van der Waals surface area contributed by atoms with E-state index >= 15 is 0 Å². The van der Waals surface area contributed by atoms with Gasteiger partial charge in [-0.25, -0.2) is 0 Å². The maximum Gasteiger partial charge on any atom is 0.119 e. The Morgan fingerprint density at radius 2 is 1.65 bits per heavy atom. The highest BCUT2D eigenvalue weighted by Crippen LogP contribution is 2.19. The summed E-state index contributed by atoms with van der Waals surface area (Å²) in [5, 5.41) is 13.3. The maximum absolute atomic E-state index is 9.97. The Labute approximate surface area is 120 Å². The molecular formula is C17H21NO2. The van der Waals surface area contributed by atoms with Crippen LogP contribution in [0.5, 0.6) is 5.75 Å². The average molecular weight is 271 g/mol. The van der Waals surface area contributed by atoms with Crippen LogP contribution in [0.2, 0.25) is 0 Å². The van der Waals surface area contributed by atoms with E-state index in [0.717, 1.165) is 11.4 Å². The van der Waals surface area contributed by atoms with Crippen LogP contribution in [0.15, 0.2) is 48.5 Å². The molecule has 0 amide bonds. The summed E-state index contributed by atoms with van der Waals surface area (Å²) in [6.45, 7) is 4.87. The number of benzene rings is 2. The van der Waals surface area contributed by atoms with Crippen molar-refractivity contribution >= 4 is 5.69 Å². The van der Waals surface area contributed by atoms with Crippen LogP contribution in [-0.2, 0) is 0 Å². The van der Waals surface area contributed by atoms with Gasteiger partial charge < -0.3 is 15.2 Å². The number of aryl methyl sites for hydroxylation is 2. The first-order valence-corrected chi connectivity index (χ1v) is 6.83. The quantitative estimate of drug-likeness (QED) is 0.848. The van der Waals surface area contributed by atoms with E-state index in [2.05, 4.69) is 31.3 Å². The number of hydrogen-bond donors (Lipinski definition) is 2. The molecule has 1 unspecified atom stereocenters. The summed E-state index contributed by atoms with van der Waals surface area (Å²) < 4.78 is 5.53. The number of para-hydroxylation sites is 2. The lowest BCUT2D eigenvalue weighted by Gasteiger charge is -2.16. The van der Waals surface area contributed by atoms with Gasteiger partial charge in [0.25, 0.3) is 0 Å². The second-order valence-corrected chi connectivity index (χ2v) is 4.93. The van der Waals surface area contributed by atoms with E-state index in [1.165, 1.54) is 11.1 Å². The van der Waals surface area contributed by atoms with Gasteiger partial charge in [-0.2, -0.15) is 0 Å². The molecule has 2 aromatic rings. The third kappa shape index (κ3) is 4.00. The van der Waals surface area contributed by atoms with Gasteiger partial charge in [0.05, 0.1) is 0 Å². The molecule has 20 heavy (non-hydrogen) atoms. The highest BCUT2D eigenvalue weighted by atomic mass is 16.5. The van der Waals surface area contributed by atoms with E-state index < -0.39 is 6.10 Å². The first-order valence-electron chi connectivity index (χ1n) is 6.83. The molecule has 0 radical (unpaired) electrons. The number of hydrogen-bond acceptors (Lipinski definition) is 3. The molecule has 2 N–H and O–H groups in total. The van der Waals surface area contributed by atoms with Crippen molar-refractivity contribution in [3.63, 3.8) is 0 Å². The van der Waals surface area contributed by atoms with Crippen LogP contribution >= 0.6 is 0 Å². The van der Waals surface area contributed by atoms with Crippen molar-refractivity contribution in [1.29, 1.82) is 0 Å². The summed E-state index contributed by atoms with van der Waals surface area (Å²) >= 11 is 0. The first kappa shape index (κ1) is 14.4. The highest BCUT2D eigenvalue weighted by Gasteiger charge is 2.07. The molecule has 0 aliphatic heterocycles. The number of aliphatic hydroxyl groups is 1. The van der Waals surface area contributed by atoms with Gasteiger partial charge in [0.1, 0.15) is 18.5 Å². The summed E-state index contributed by atoms with van der Waals surface area (Å²) in [6.07, 6.45) is -0.547. The van der Waals surface area contributed by atoms with Gasteiger partial charge in [-0.15, -0.1) is 0 Å². The molecule has 0 aromatic heterocycles. The van der Waals surface area contributed by atoms with Crippen LogP contribution in [0.1, 0.15) is 11.1 Å². The van der Waals surface area contributed by atoms with E-state index in [-0.39, 0.29) is 6.61 Å². The van der Waals surface area contributed by atoms with Gasteiger partial charge in [0.2, 0.25) is 0 Å². The van der Waals surface area contributed by atoms with Crippen molar-refractivity contribution in [3.8, 4) is 5.75 Å². The van der Waals surface area contributed by atoms with Crippen molar-refractivity contribution in [1.82, 2.24) is 0 Å². The van der Waals surface area contributed by atoms with Gasteiger partial charge in [-0.3, -0.25) is 0 Å². The van der Waals surface area contributed by atoms with Crippen LogP contribution in [0.25, 0.3) is 0 Å². The lowest BCUT2D eigenvalue weighted by atomic mass is 10.1. The van der Waals surface area contributed by atoms with Gasteiger partial charge >= 0.3 is 0 Å². The van der Waals surface area contributed by atoms with Gasteiger partial charge in [0.15, 0.2) is 0 Å². The number of ether oxygens (including phenoxy) is 1. The summed E-state index contributed by atoms with van der Waals surface area (Å²) in [6, 6.07) is 15.7. The zero-order valence-electron chi connectivity index (χ0n) is 12.0. The fourth-order valence-electron chi connectivity index (χ4n) is 2.08. The summed E-state index contributed by atoms with van der Waals surface area (Å²) in [5.74, 6) is 0.777. The maximum atomic E-state index is 9.97. The fraction of sp³-hybridized carbons (Fsp3) is 0.294. The summed E-state index contributed by atoms with van der Waals surface area (Å²) in [5.41, 5.74) is 3.45. The Balaban J connectivity index is 1.82. The predicted molar refractivity (Wildman–Crippen MR) is 82.3 cm³/mol. The molecule has 106 valence electrons. The molecule has 0 aliphatic rings. The lowest BCUT2D eigenvalue weighted by Crippen LogP contribution is -2.26. The van der Waals surface area contributed by atoms with E-state index in [1.54, 1.807) is 0 Å². The van der Waals surface area contributed by atoms with Crippen LogP contribution in [0, 0.1) is 13.8 Å². The second-order valence-electron chi connectivity index (χ2n) is 4.93. The Bertz CT molecular complexity index is 520. The third-order valence-electron chi connectivity index (χ3n) is 3.18. The predicted octanol–water partition coefficient (Wildman–Crippen LogP) is 3.16. The third-order valence-corrected chi connectivity index (χ3v) is 3.18. The van der Waals surface area contributed by atoms with Gasteiger partial charge in [-0.05, 0) is 37.1 Å². The minimum Gasteiger partial charge on any atom is -0.491 e. The van der Waals surface area contributed by atoms with Gasteiger partial charge in [0, 0.05) is 12.2 Å². The van der Waals surface area contributed by atoms with Crippen LogP contribution in [0.3, 0.4) is 0 Å². The van der Waals surface area contributed by atoms with E-state index in [0.29, 0.717) is 6.54 Å². The molecule has 0 fully saturated rings. The SMILES string of the molecule is Cc1cccc(C)c1NCC(O)COc1ccccc1. The highest BCUT2D eigenvalue weighted by molar-refractivity contribution is 5.56. The van der Waals surface area contributed by atoms with Crippen LogP contribution < -0.4 is 10.1 Å². The molecule has 3 nitrogen and oxygen atoms in total. The first-order chi connectivity index (χ1) is 9.66. The lowest BCUT2D eigenvalue weighted by molar-refractivity contribution is 0.117. The zero-order valence-corrected chi connectivity index (χ0v) is 12.0.